The lowest BCUT2D eigenvalue weighted by atomic mass is 10.1. The first-order valence-corrected chi connectivity index (χ1v) is 4.16. The fourth-order valence-electron chi connectivity index (χ4n) is 1.36. The minimum absolute atomic E-state index is 0.229. The molecule has 2 rings (SSSR count). The average Bonchev–Trinajstić information content (AvgIpc) is 2.52. The molecule has 1 aliphatic rings. The average molecular weight is 178 g/mol. The van der Waals surface area contributed by atoms with Gasteiger partial charge in [-0.3, -0.25) is 0 Å². The molecule has 1 unspecified atom stereocenters. The Balaban J connectivity index is 2.21. The van der Waals surface area contributed by atoms with Crippen molar-refractivity contribution in [3.8, 4) is 0 Å². The largest absolute Gasteiger partial charge is 0.509 e. The molecule has 1 aliphatic heterocycles. The van der Waals surface area contributed by atoms with Gasteiger partial charge in [0, 0.05) is 0 Å². The highest BCUT2D eigenvalue weighted by Crippen LogP contribution is 2.24. The number of aryl methyl sites for hydroxylation is 1. The van der Waals surface area contributed by atoms with E-state index in [1.54, 1.807) is 0 Å². The normalized spacial score (nSPS) is 21.0. The van der Waals surface area contributed by atoms with Crippen molar-refractivity contribution in [3.63, 3.8) is 0 Å². The van der Waals surface area contributed by atoms with Crippen LogP contribution in [0.15, 0.2) is 24.3 Å². The second kappa shape index (κ2) is 3.09. The first-order chi connectivity index (χ1) is 6.25. The van der Waals surface area contributed by atoms with E-state index in [4.69, 9.17) is 9.47 Å². The third-order valence-electron chi connectivity index (χ3n) is 2.00. The summed E-state index contributed by atoms with van der Waals surface area (Å²) in [6.07, 6.45) is -0.807. The number of hydrogen-bond acceptors (Lipinski definition) is 3. The second-order valence-corrected chi connectivity index (χ2v) is 3.08. The minimum Gasteiger partial charge on any atom is -0.430 e. The predicted molar refractivity (Wildman–Crippen MR) is 46.4 cm³/mol. The zero-order chi connectivity index (χ0) is 9.26. The molecular formula is C10H10O3. The van der Waals surface area contributed by atoms with E-state index < -0.39 is 6.16 Å². The number of carbonyl (C=O) groups excluding carboxylic acids is 1. The molecule has 0 amide bonds. The van der Waals surface area contributed by atoms with E-state index in [9.17, 15) is 4.79 Å². The summed E-state index contributed by atoms with van der Waals surface area (Å²) in [6, 6.07) is 7.87. The summed E-state index contributed by atoms with van der Waals surface area (Å²) in [5.74, 6) is 0. The van der Waals surface area contributed by atoms with Crippen LogP contribution in [0.25, 0.3) is 0 Å². The van der Waals surface area contributed by atoms with Gasteiger partial charge in [0.05, 0.1) is 0 Å². The van der Waals surface area contributed by atoms with Crippen LogP contribution < -0.4 is 0 Å². The molecule has 1 aromatic rings. The third-order valence-corrected chi connectivity index (χ3v) is 2.00. The molecule has 0 saturated carbocycles. The van der Waals surface area contributed by atoms with E-state index in [2.05, 4.69) is 0 Å². The molecule has 1 atom stereocenters. The Bertz CT molecular complexity index is 333. The van der Waals surface area contributed by atoms with Crippen molar-refractivity contribution < 1.29 is 14.3 Å². The smallest absolute Gasteiger partial charge is 0.430 e. The molecule has 68 valence electrons. The van der Waals surface area contributed by atoms with Crippen LogP contribution in [0.1, 0.15) is 17.2 Å². The van der Waals surface area contributed by atoms with Gasteiger partial charge in [0.2, 0.25) is 0 Å². The molecule has 3 heteroatoms. The van der Waals surface area contributed by atoms with Gasteiger partial charge in [-0.15, -0.1) is 0 Å². The highest BCUT2D eigenvalue weighted by molar-refractivity contribution is 5.62. The molecule has 0 radical (unpaired) electrons. The lowest BCUT2D eigenvalue weighted by Crippen LogP contribution is -1.99. The van der Waals surface area contributed by atoms with E-state index in [0.29, 0.717) is 6.61 Å². The molecule has 0 bridgehead atoms. The SMILES string of the molecule is Cc1cccc(C2COC(=O)O2)c1. The van der Waals surface area contributed by atoms with Crippen molar-refractivity contribution in [2.45, 2.75) is 13.0 Å². The van der Waals surface area contributed by atoms with Crippen LogP contribution in [0.5, 0.6) is 0 Å². The van der Waals surface area contributed by atoms with E-state index in [1.165, 1.54) is 0 Å². The van der Waals surface area contributed by atoms with Gasteiger partial charge in [-0.25, -0.2) is 4.79 Å². The Morgan fingerprint density at radius 2 is 2.31 bits per heavy atom. The zero-order valence-electron chi connectivity index (χ0n) is 7.32. The fraction of sp³-hybridized carbons (Fsp3) is 0.300. The zero-order valence-corrected chi connectivity index (χ0v) is 7.32. The van der Waals surface area contributed by atoms with Crippen molar-refractivity contribution in [2.75, 3.05) is 6.61 Å². The summed E-state index contributed by atoms with van der Waals surface area (Å²) in [4.78, 5) is 10.7. The molecule has 0 aliphatic carbocycles. The van der Waals surface area contributed by atoms with Gasteiger partial charge in [0.25, 0.3) is 0 Å². The summed E-state index contributed by atoms with van der Waals surface area (Å²) in [5, 5.41) is 0. The molecular weight excluding hydrogens is 168 g/mol. The number of carbonyl (C=O) groups is 1. The van der Waals surface area contributed by atoms with Crippen LogP contribution in [0.2, 0.25) is 0 Å². The summed E-state index contributed by atoms with van der Waals surface area (Å²) >= 11 is 0. The summed E-state index contributed by atoms with van der Waals surface area (Å²) in [6.45, 7) is 2.32. The van der Waals surface area contributed by atoms with Gasteiger partial charge in [-0.2, -0.15) is 0 Å². The molecule has 3 nitrogen and oxygen atoms in total. The maximum Gasteiger partial charge on any atom is 0.509 e. The topological polar surface area (TPSA) is 35.5 Å². The Hall–Kier alpha value is -1.51. The number of ether oxygens (including phenoxy) is 2. The lowest BCUT2D eigenvalue weighted by molar-refractivity contribution is 0.118. The molecule has 1 fully saturated rings. The number of rotatable bonds is 1. The summed E-state index contributed by atoms with van der Waals surface area (Å²) in [5.41, 5.74) is 2.14. The molecule has 1 aromatic carbocycles. The van der Waals surface area contributed by atoms with Gasteiger partial charge in [0.1, 0.15) is 6.61 Å². The third kappa shape index (κ3) is 1.64. The Morgan fingerprint density at radius 1 is 1.46 bits per heavy atom. The predicted octanol–water partition coefficient (Wildman–Crippen LogP) is 2.20. The van der Waals surface area contributed by atoms with Crippen LogP contribution >= 0.6 is 0 Å². The first kappa shape index (κ1) is 8.10. The van der Waals surface area contributed by atoms with E-state index in [0.717, 1.165) is 11.1 Å². The molecule has 0 aromatic heterocycles. The molecule has 1 heterocycles. The van der Waals surface area contributed by atoms with Crippen LogP contribution in [-0.2, 0) is 9.47 Å². The van der Waals surface area contributed by atoms with E-state index in [-0.39, 0.29) is 6.10 Å². The number of cyclic esters (lactones) is 2. The Kier molecular flexibility index (Phi) is 1.93. The van der Waals surface area contributed by atoms with E-state index >= 15 is 0 Å². The standard InChI is InChI=1S/C10H10O3/c1-7-3-2-4-8(5-7)9-6-12-10(11)13-9/h2-5,9H,6H2,1H3. The maximum absolute atomic E-state index is 10.7. The van der Waals surface area contributed by atoms with Crippen LogP contribution in [0, 0.1) is 6.92 Å². The quantitative estimate of drug-likeness (QED) is 0.618. The highest BCUT2D eigenvalue weighted by atomic mass is 16.8. The van der Waals surface area contributed by atoms with Crippen LogP contribution in [0.4, 0.5) is 4.79 Å². The van der Waals surface area contributed by atoms with Gasteiger partial charge in [0.15, 0.2) is 6.10 Å². The van der Waals surface area contributed by atoms with Crippen LogP contribution in [-0.4, -0.2) is 12.8 Å². The van der Waals surface area contributed by atoms with Crippen LogP contribution in [0.3, 0.4) is 0 Å². The number of benzene rings is 1. The Labute approximate surface area is 76.3 Å². The fourth-order valence-corrected chi connectivity index (χ4v) is 1.36. The number of hydrogen-bond donors (Lipinski definition) is 0. The van der Waals surface area contributed by atoms with Crippen molar-refractivity contribution >= 4 is 6.16 Å². The van der Waals surface area contributed by atoms with Gasteiger partial charge in [-0.05, 0) is 12.5 Å². The lowest BCUT2D eigenvalue weighted by Gasteiger charge is -2.06. The van der Waals surface area contributed by atoms with Crippen molar-refractivity contribution in [1.29, 1.82) is 0 Å². The van der Waals surface area contributed by atoms with Crippen molar-refractivity contribution in [1.82, 2.24) is 0 Å². The summed E-state index contributed by atoms with van der Waals surface area (Å²) in [7, 11) is 0. The van der Waals surface area contributed by atoms with Gasteiger partial charge < -0.3 is 9.47 Å². The molecule has 13 heavy (non-hydrogen) atoms. The highest BCUT2D eigenvalue weighted by Gasteiger charge is 2.26. The monoisotopic (exact) mass is 178 g/mol. The second-order valence-electron chi connectivity index (χ2n) is 3.08. The van der Waals surface area contributed by atoms with Crippen molar-refractivity contribution in [2.24, 2.45) is 0 Å². The van der Waals surface area contributed by atoms with Gasteiger partial charge in [-0.1, -0.05) is 29.8 Å². The minimum atomic E-state index is -0.577. The van der Waals surface area contributed by atoms with E-state index in [1.807, 2.05) is 31.2 Å². The molecule has 0 spiro atoms. The van der Waals surface area contributed by atoms with Gasteiger partial charge >= 0.3 is 6.16 Å². The van der Waals surface area contributed by atoms with Crippen molar-refractivity contribution in [3.05, 3.63) is 35.4 Å². The maximum atomic E-state index is 10.7. The Morgan fingerprint density at radius 3 is 2.92 bits per heavy atom. The summed E-state index contributed by atoms with van der Waals surface area (Å²) < 4.78 is 9.64. The molecule has 0 N–H and O–H groups in total. The molecule has 1 saturated heterocycles. The first-order valence-electron chi connectivity index (χ1n) is 4.16.